The van der Waals surface area contributed by atoms with Gasteiger partial charge in [0, 0.05) is 13.2 Å². The van der Waals surface area contributed by atoms with Crippen LogP contribution >= 0.6 is 22.6 Å². The first kappa shape index (κ1) is 7.97. The Kier molecular flexibility index (Phi) is 1.79. The third kappa shape index (κ3) is 1.01. The summed E-state index contributed by atoms with van der Waals surface area (Å²) >= 11 is 2.23. The average Bonchev–Trinajstić information content (AvgIpc) is 2.29. The molecule has 0 aliphatic carbocycles. The summed E-state index contributed by atoms with van der Waals surface area (Å²) in [6.07, 6.45) is 1.79. The Bertz CT molecular complexity index is 433. The molecule has 0 fully saturated rings. The van der Waals surface area contributed by atoms with E-state index in [9.17, 15) is 0 Å². The van der Waals surface area contributed by atoms with Gasteiger partial charge in [0.2, 0.25) is 0 Å². The average molecular weight is 273 g/mol. The molecule has 0 atom stereocenters. The maximum absolute atomic E-state index is 4.39. The van der Waals surface area contributed by atoms with Crippen molar-refractivity contribution >= 4 is 33.6 Å². The van der Waals surface area contributed by atoms with E-state index in [1.165, 1.54) is 0 Å². The number of rotatable bonds is 0. The maximum Gasteiger partial charge on any atom is 0.127 e. The van der Waals surface area contributed by atoms with E-state index in [0.29, 0.717) is 0 Å². The normalized spacial score (nSPS) is 10.9. The van der Waals surface area contributed by atoms with E-state index in [-0.39, 0.29) is 0 Å². The monoisotopic (exact) mass is 273 g/mol. The van der Waals surface area contributed by atoms with Crippen molar-refractivity contribution in [3.05, 3.63) is 21.8 Å². The van der Waals surface area contributed by atoms with Crippen molar-refractivity contribution < 1.29 is 0 Å². The van der Waals surface area contributed by atoms with Crippen molar-refractivity contribution in [3.63, 3.8) is 0 Å². The van der Waals surface area contributed by atoms with E-state index in [0.717, 1.165) is 20.6 Å². The number of hydrogen-bond donors (Lipinski definition) is 0. The summed E-state index contributed by atoms with van der Waals surface area (Å²) in [6.45, 7) is 2.00. The summed E-state index contributed by atoms with van der Waals surface area (Å²) in [4.78, 5) is 8.60. The molecule has 0 unspecified atom stereocenters. The first-order chi connectivity index (χ1) is 5.70. The van der Waals surface area contributed by atoms with E-state index in [2.05, 4.69) is 37.1 Å². The molecule has 4 heteroatoms. The number of nitrogens with zero attached hydrogens (tertiary/aromatic N) is 3. The van der Waals surface area contributed by atoms with Gasteiger partial charge in [-0.2, -0.15) is 0 Å². The predicted octanol–water partition coefficient (Wildman–Crippen LogP) is 1.88. The van der Waals surface area contributed by atoms with Crippen LogP contribution in [-0.4, -0.2) is 14.5 Å². The topological polar surface area (TPSA) is 30.7 Å². The second kappa shape index (κ2) is 2.69. The minimum Gasteiger partial charge on any atom is -0.329 e. The van der Waals surface area contributed by atoms with Crippen LogP contribution in [0.15, 0.2) is 12.3 Å². The van der Waals surface area contributed by atoms with Gasteiger partial charge in [0.05, 0.1) is 5.52 Å². The number of pyridine rings is 1. The highest BCUT2D eigenvalue weighted by Crippen LogP contribution is 2.17. The van der Waals surface area contributed by atoms with E-state index in [4.69, 9.17) is 0 Å². The van der Waals surface area contributed by atoms with Crippen LogP contribution in [0.3, 0.4) is 0 Å². The summed E-state index contributed by atoms with van der Waals surface area (Å²) in [6, 6.07) is 1.94. The molecule has 0 spiro atoms. The predicted molar refractivity (Wildman–Crippen MR) is 56.0 cm³/mol. The summed E-state index contributed by atoms with van der Waals surface area (Å²) < 4.78 is 3.07. The number of fused-ring (bicyclic) bond motifs is 1. The number of halogens is 1. The van der Waals surface area contributed by atoms with Crippen molar-refractivity contribution in [1.82, 2.24) is 14.5 Å². The molecule has 2 aromatic heterocycles. The molecule has 3 nitrogen and oxygen atoms in total. The fourth-order valence-electron chi connectivity index (χ4n) is 1.23. The molecule has 0 aliphatic heterocycles. The van der Waals surface area contributed by atoms with Crippen molar-refractivity contribution in [2.45, 2.75) is 6.92 Å². The molecule has 2 heterocycles. The fraction of sp³-hybridized carbons (Fsp3) is 0.250. The quantitative estimate of drug-likeness (QED) is 0.542. The van der Waals surface area contributed by atoms with Crippen molar-refractivity contribution in [2.75, 3.05) is 0 Å². The number of aromatic nitrogens is 3. The van der Waals surface area contributed by atoms with Gasteiger partial charge in [0.15, 0.2) is 0 Å². The van der Waals surface area contributed by atoms with Gasteiger partial charge in [-0.25, -0.2) is 9.97 Å². The van der Waals surface area contributed by atoms with E-state index in [1.807, 2.05) is 20.0 Å². The third-order valence-electron chi connectivity index (χ3n) is 1.96. The van der Waals surface area contributed by atoms with Gasteiger partial charge in [-0.15, -0.1) is 0 Å². The molecule has 2 rings (SSSR count). The summed E-state index contributed by atoms with van der Waals surface area (Å²) in [5.74, 6) is 1.02. The summed E-state index contributed by atoms with van der Waals surface area (Å²) in [7, 11) is 2.01. The molecule has 12 heavy (non-hydrogen) atoms. The van der Waals surface area contributed by atoms with Crippen LogP contribution in [0.5, 0.6) is 0 Å². The molecule has 0 radical (unpaired) electrons. The van der Waals surface area contributed by atoms with Crippen LogP contribution in [0.25, 0.3) is 11.0 Å². The highest BCUT2D eigenvalue weighted by molar-refractivity contribution is 14.1. The highest BCUT2D eigenvalue weighted by atomic mass is 127. The molecule has 0 saturated heterocycles. The first-order valence-electron chi connectivity index (χ1n) is 3.63. The molecule has 62 valence electrons. The van der Waals surface area contributed by atoms with Crippen LogP contribution in [0.1, 0.15) is 5.82 Å². The Labute approximate surface area is 84.0 Å². The van der Waals surface area contributed by atoms with Gasteiger partial charge < -0.3 is 4.57 Å². The van der Waals surface area contributed by atoms with E-state index >= 15 is 0 Å². The lowest BCUT2D eigenvalue weighted by Gasteiger charge is -1.97. The second-order valence-electron chi connectivity index (χ2n) is 2.69. The Balaban J connectivity index is 2.97. The summed E-state index contributed by atoms with van der Waals surface area (Å²) in [5, 5.41) is 0. The second-order valence-corrected chi connectivity index (χ2v) is 3.71. The number of hydrogen-bond acceptors (Lipinski definition) is 2. The SMILES string of the molecule is Cc1nc2ccnc(I)c2n1C. The van der Waals surface area contributed by atoms with Crippen LogP contribution in [0.4, 0.5) is 0 Å². The first-order valence-corrected chi connectivity index (χ1v) is 4.71. The van der Waals surface area contributed by atoms with Crippen LogP contribution < -0.4 is 0 Å². The lowest BCUT2D eigenvalue weighted by molar-refractivity contribution is 0.881. The minimum atomic E-state index is 1.01. The maximum atomic E-state index is 4.39. The van der Waals surface area contributed by atoms with Gasteiger partial charge in [-0.05, 0) is 35.6 Å². The lowest BCUT2D eigenvalue weighted by Crippen LogP contribution is -1.93. The molecular weight excluding hydrogens is 265 g/mol. The molecule has 0 bridgehead atoms. The Morgan fingerprint density at radius 1 is 1.50 bits per heavy atom. The van der Waals surface area contributed by atoms with Gasteiger partial charge in [0.1, 0.15) is 15.0 Å². The van der Waals surface area contributed by atoms with Crippen LogP contribution in [0.2, 0.25) is 0 Å². The van der Waals surface area contributed by atoms with Gasteiger partial charge in [-0.3, -0.25) is 0 Å². The molecule has 0 aliphatic rings. The van der Waals surface area contributed by atoms with E-state index < -0.39 is 0 Å². The zero-order valence-electron chi connectivity index (χ0n) is 6.87. The molecule has 2 aromatic rings. The van der Waals surface area contributed by atoms with Crippen LogP contribution in [-0.2, 0) is 7.05 Å². The minimum absolute atomic E-state index is 1.01. The van der Waals surface area contributed by atoms with Crippen molar-refractivity contribution in [3.8, 4) is 0 Å². The molecule has 0 saturated carbocycles. The zero-order valence-corrected chi connectivity index (χ0v) is 9.03. The van der Waals surface area contributed by atoms with Crippen molar-refractivity contribution in [2.24, 2.45) is 7.05 Å². The Morgan fingerprint density at radius 2 is 2.25 bits per heavy atom. The zero-order chi connectivity index (χ0) is 8.72. The lowest BCUT2D eigenvalue weighted by atomic mass is 10.4. The van der Waals surface area contributed by atoms with E-state index in [1.54, 1.807) is 6.20 Å². The largest absolute Gasteiger partial charge is 0.329 e. The molecule has 0 N–H and O–H groups in total. The summed E-state index contributed by atoms with van der Waals surface area (Å²) in [5.41, 5.74) is 2.14. The highest BCUT2D eigenvalue weighted by Gasteiger charge is 2.06. The van der Waals surface area contributed by atoms with Gasteiger partial charge in [-0.1, -0.05) is 0 Å². The fourth-order valence-corrected chi connectivity index (χ4v) is 2.03. The molecule has 0 amide bonds. The molecule has 0 aromatic carbocycles. The standard InChI is InChI=1S/C8H8IN3/c1-5-11-6-3-4-10-8(9)7(6)12(5)2/h3-4H,1-2H3. The Morgan fingerprint density at radius 3 is 2.92 bits per heavy atom. The van der Waals surface area contributed by atoms with Crippen molar-refractivity contribution in [1.29, 1.82) is 0 Å². The molecular formula is C8H8IN3. The van der Waals surface area contributed by atoms with Crippen LogP contribution in [0, 0.1) is 10.6 Å². The Hall–Kier alpha value is -0.650. The smallest absolute Gasteiger partial charge is 0.127 e. The number of aryl methyl sites for hydroxylation is 2. The van der Waals surface area contributed by atoms with Gasteiger partial charge in [0.25, 0.3) is 0 Å². The third-order valence-corrected chi connectivity index (χ3v) is 2.75. The number of imidazole rings is 1. The van der Waals surface area contributed by atoms with Gasteiger partial charge >= 0.3 is 0 Å².